The molecule has 1 unspecified atom stereocenters. The standard InChI is InChI=1S/C11H21NO2/c1-2-6-13-7-8-14-10-11-4-3-5-12-9-11/h2,11-12H,1,3-10H2. The third-order valence-corrected chi connectivity index (χ3v) is 2.36. The maximum absolute atomic E-state index is 5.52. The molecule has 14 heavy (non-hydrogen) atoms. The average Bonchev–Trinajstić information content (AvgIpc) is 2.25. The zero-order chi connectivity index (χ0) is 10.1. The Balaban J connectivity index is 1.85. The first-order valence-electron chi connectivity index (χ1n) is 5.40. The van der Waals surface area contributed by atoms with Crippen LogP contribution in [0.4, 0.5) is 0 Å². The van der Waals surface area contributed by atoms with Gasteiger partial charge in [0.05, 0.1) is 26.4 Å². The molecule has 0 aromatic heterocycles. The maximum atomic E-state index is 5.52. The first-order valence-corrected chi connectivity index (χ1v) is 5.40. The molecule has 0 spiro atoms. The van der Waals surface area contributed by atoms with E-state index < -0.39 is 0 Å². The van der Waals surface area contributed by atoms with E-state index in [1.165, 1.54) is 19.4 Å². The molecule has 3 heteroatoms. The topological polar surface area (TPSA) is 30.5 Å². The molecular weight excluding hydrogens is 178 g/mol. The molecule has 1 atom stereocenters. The van der Waals surface area contributed by atoms with E-state index in [1.807, 2.05) is 0 Å². The van der Waals surface area contributed by atoms with E-state index in [0.717, 1.165) is 13.2 Å². The molecule has 1 fully saturated rings. The number of rotatable bonds is 7. The van der Waals surface area contributed by atoms with E-state index in [4.69, 9.17) is 9.47 Å². The van der Waals surface area contributed by atoms with Gasteiger partial charge < -0.3 is 14.8 Å². The molecular formula is C11H21NO2. The number of ether oxygens (including phenoxy) is 2. The summed E-state index contributed by atoms with van der Waals surface area (Å²) >= 11 is 0. The van der Waals surface area contributed by atoms with Crippen molar-refractivity contribution >= 4 is 0 Å². The van der Waals surface area contributed by atoms with Gasteiger partial charge in [0.25, 0.3) is 0 Å². The van der Waals surface area contributed by atoms with Crippen molar-refractivity contribution in [3.63, 3.8) is 0 Å². The van der Waals surface area contributed by atoms with Crippen molar-refractivity contribution in [3.8, 4) is 0 Å². The summed E-state index contributed by atoms with van der Waals surface area (Å²) in [6.07, 6.45) is 4.33. The first kappa shape index (κ1) is 11.7. The highest BCUT2D eigenvalue weighted by molar-refractivity contribution is 4.68. The normalized spacial score (nSPS) is 22.1. The highest BCUT2D eigenvalue weighted by Gasteiger charge is 2.12. The molecule has 0 saturated carbocycles. The van der Waals surface area contributed by atoms with Gasteiger partial charge in [-0.2, -0.15) is 0 Å². The molecule has 0 aliphatic carbocycles. The van der Waals surface area contributed by atoms with Crippen molar-refractivity contribution in [1.82, 2.24) is 5.32 Å². The van der Waals surface area contributed by atoms with Crippen molar-refractivity contribution in [2.75, 3.05) is 39.5 Å². The Morgan fingerprint density at radius 2 is 2.21 bits per heavy atom. The van der Waals surface area contributed by atoms with Crippen LogP contribution in [0, 0.1) is 5.92 Å². The summed E-state index contributed by atoms with van der Waals surface area (Å²) in [4.78, 5) is 0. The van der Waals surface area contributed by atoms with Gasteiger partial charge in [-0.1, -0.05) is 6.08 Å². The van der Waals surface area contributed by atoms with E-state index in [0.29, 0.717) is 25.7 Å². The third-order valence-electron chi connectivity index (χ3n) is 2.36. The average molecular weight is 199 g/mol. The van der Waals surface area contributed by atoms with Crippen LogP contribution in [0.5, 0.6) is 0 Å². The van der Waals surface area contributed by atoms with Gasteiger partial charge in [-0.25, -0.2) is 0 Å². The van der Waals surface area contributed by atoms with Crippen LogP contribution in [0.2, 0.25) is 0 Å². The fourth-order valence-corrected chi connectivity index (χ4v) is 1.60. The number of piperidine rings is 1. The van der Waals surface area contributed by atoms with Crippen LogP contribution in [0.1, 0.15) is 12.8 Å². The fraction of sp³-hybridized carbons (Fsp3) is 0.818. The lowest BCUT2D eigenvalue weighted by molar-refractivity contribution is 0.0377. The second-order valence-electron chi connectivity index (χ2n) is 3.65. The van der Waals surface area contributed by atoms with Crippen molar-refractivity contribution in [1.29, 1.82) is 0 Å². The summed E-state index contributed by atoms with van der Waals surface area (Å²) in [5, 5.41) is 3.37. The maximum Gasteiger partial charge on any atom is 0.0704 e. The van der Waals surface area contributed by atoms with Crippen LogP contribution in [0.15, 0.2) is 12.7 Å². The van der Waals surface area contributed by atoms with Crippen LogP contribution >= 0.6 is 0 Å². The molecule has 0 aromatic rings. The molecule has 0 amide bonds. The molecule has 1 N–H and O–H groups in total. The summed E-state index contributed by atoms with van der Waals surface area (Å²) < 4.78 is 10.7. The molecule has 1 aliphatic rings. The summed E-state index contributed by atoms with van der Waals surface area (Å²) in [5.41, 5.74) is 0. The van der Waals surface area contributed by atoms with Gasteiger partial charge in [-0.15, -0.1) is 6.58 Å². The zero-order valence-corrected chi connectivity index (χ0v) is 8.84. The number of hydrogen-bond acceptors (Lipinski definition) is 3. The lowest BCUT2D eigenvalue weighted by Crippen LogP contribution is -2.32. The van der Waals surface area contributed by atoms with Crippen molar-refractivity contribution in [2.24, 2.45) is 5.92 Å². The zero-order valence-electron chi connectivity index (χ0n) is 8.84. The largest absolute Gasteiger partial charge is 0.379 e. The van der Waals surface area contributed by atoms with Crippen LogP contribution in [-0.2, 0) is 9.47 Å². The summed E-state index contributed by atoms with van der Waals surface area (Å²) in [6.45, 7) is 8.70. The Hall–Kier alpha value is -0.380. The third kappa shape index (κ3) is 5.37. The molecule has 1 heterocycles. The highest BCUT2D eigenvalue weighted by atomic mass is 16.5. The number of nitrogens with one attached hydrogen (secondary N) is 1. The van der Waals surface area contributed by atoms with Crippen molar-refractivity contribution in [2.45, 2.75) is 12.8 Å². The molecule has 1 rings (SSSR count). The van der Waals surface area contributed by atoms with Crippen LogP contribution < -0.4 is 5.32 Å². The van der Waals surface area contributed by atoms with Gasteiger partial charge in [-0.05, 0) is 25.3 Å². The minimum atomic E-state index is 0.619. The van der Waals surface area contributed by atoms with Crippen LogP contribution in [-0.4, -0.2) is 39.5 Å². The summed E-state index contributed by atoms with van der Waals surface area (Å²) in [6, 6.07) is 0. The molecule has 1 saturated heterocycles. The van der Waals surface area contributed by atoms with Gasteiger partial charge in [0.2, 0.25) is 0 Å². The molecule has 0 bridgehead atoms. The quantitative estimate of drug-likeness (QED) is 0.494. The Morgan fingerprint density at radius 3 is 2.93 bits per heavy atom. The Labute approximate surface area is 86.5 Å². The molecule has 82 valence electrons. The van der Waals surface area contributed by atoms with E-state index in [2.05, 4.69) is 11.9 Å². The smallest absolute Gasteiger partial charge is 0.0704 e. The van der Waals surface area contributed by atoms with Crippen molar-refractivity contribution in [3.05, 3.63) is 12.7 Å². The minimum Gasteiger partial charge on any atom is -0.379 e. The van der Waals surface area contributed by atoms with Gasteiger partial charge in [0, 0.05) is 6.54 Å². The summed E-state index contributed by atoms with van der Waals surface area (Å²) in [7, 11) is 0. The van der Waals surface area contributed by atoms with Gasteiger partial charge in [0.1, 0.15) is 0 Å². The predicted octanol–water partition coefficient (Wildman–Crippen LogP) is 1.21. The van der Waals surface area contributed by atoms with E-state index in [9.17, 15) is 0 Å². The van der Waals surface area contributed by atoms with Crippen LogP contribution in [0.25, 0.3) is 0 Å². The molecule has 3 nitrogen and oxygen atoms in total. The Morgan fingerprint density at radius 1 is 1.36 bits per heavy atom. The second kappa shape index (κ2) is 7.97. The van der Waals surface area contributed by atoms with E-state index in [-0.39, 0.29) is 0 Å². The van der Waals surface area contributed by atoms with Crippen molar-refractivity contribution < 1.29 is 9.47 Å². The van der Waals surface area contributed by atoms with Gasteiger partial charge in [-0.3, -0.25) is 0 Å². The van der Waals surface area contributed by atoms with Crippen LogP contribution in [0.3, 0.4) is 0 Å². The van der Waals surface area contributed by atoms with E-state index >= 15 is 0 Å². The summed E-state index contributed by atoms with van der Waals surface area (Å²) in [5.74, 6) is 0.697. The lowest BCUT2D eigenvalue weighted by Gasteiger charge is -2.22. The fourth-order valence-electron chi connectivity index (χ4n) is 1.60. The van der Waals surface area contributed by atoms with Gasteiger partial charge in [0.15, 0.2) is 0 Å². The predicted molar refractivity (Wildman–Crippen MR) is 57.4 cm³/mol. The van der Waals surface area contributed by atoms with Gasteiger partial charge >= 0.3 is 0 Å². The van der Waals surface area contributed by atoms with E-state index in [1.54, 1.807) is 6.08 Å². The molecule has 1 aliphatic heterocycles. The molecule has 0 radical (unpaired) electrons. The lowest BCUT2D eigenvalue weighted by atomic mass is 10.0. The first-order chi connectivity index (χ1) is 6.93. The highest BCUT2D eigenvalue weighted by Crippen LogP contribution is 2.09. The Bertz CT molecular complexity index is 144. The Kier molecular flexibility index (Phi) is 6.66. The molecule has 0 aromatic carbocycles. The SMILES string of the molecule is C=CCOCCOCC1CCCNC1. The second-order valence-corrected chi connectivity index (χ2v) is 3.65. The minimum absolute atomic E-state index is 0.619. The number of hydrogen-bond donors (Lipinski definition) is 1. The monoisotopic (exact) mass is 199 g/mol.